The van der Waals surface area contributed by atoms with Crippen LogP contribution in [0, 0.1) is 11.8 Å². The molecule has 0 N–H and O–H groups in total. The molecular weight excluding hydrogens is 673 g/mol. The van der Waals surface area contributed by atoms with Crippen LogP contribution in [0.5, 0.6) is 0 Å². The van der Waals surface area contributed by atoms with Gasteiger partial charge in [0.2, 0.25) is 0 Å². The number of hydrogen-bond acceptors (Lipinski definition) is 6. The Hall–Kier alpha value is -1.59. The van der Waals surface area contributed by atoms with Crippen molar-refractivity contribution in [2.24, 2.45) is 11.8 Å². The number of carbonyl (C=O) groups excluding carboxylic acids is 3. The second-order valence-electron chi connectivity index (χ2n) is 17.3. The van der Waals surface area contributed by atoms with Crippen LogP contribution in [0.25, 0.3) is 0 Å². The minimum atomic E-state index is -0.761. The maximum atomic E-state index is 12.7. The molecule has 0 bridgehead atoms. The molecule has 0 saturated carbocycles. The zero-order chi connectivity index (χ0) is 39.7. The van der Waals surface area contributed by atoms with E-state index in [2.05, 4.69) is 34.6 Å². The fourth-order valence-electron chi connectivity index (χ4n) is 7.11. The van der Waals surface area contributed by atoms with Gasteiger partial charge in [-0.3, -0.25) is 14.4 Å². The second kappa shape index (κ2) is 41.1. The molecule has 320 valence electrons. The first-order valence-electron chi connectivity index (χ1n) is 23.7. The zero-order valence-corrected chi connectivity index (χ0v) is 36.8. The number of carbonyl (C=O) groups is 3. The van der Waals surface area contributed by atoms with Crippen LogP contribution in [0.1, 0.15) is 259 Å². The molecule has 0 saturated heterocycles. The number of ether oxygens (including phenoxy) is 3. The standard InChI is InChI=1S/C48H92O6/c1-6-7-8-9-10-11-12-13-14-15-19-22-28-33-38-46(49)52-41-45(42-53-47(50)39-34-29-25-24-27-32-37-44(4)5)54-48(51)40-35-30-23-20-17-16-18-21-26-31-36-43(2)3/h43-45H,6-42H2,1-5H3/t45-/m1/s1. The summed E-state index contributed by atoms with van der Waals surface area (Å²) in [4.78, 5) is 37.7. The van der Waals surface area contributed by atoms with Crippen molar-refractivity contribution in [1.29, 1.82) is 0 Å². The van der Waals surface area contributed by atoms with E-state index >= 15 is 0 Å². The van der Waals surface area contributed by atoms with Crippen molar-refractivity contribution in [3.63, 3.8) is 0 Å². The van der Waals surface area contributed by atoms with Gasteiger partial charge in [-0.25, -0.2) is 0 Å². The van der Waals surface area contributed by atoms with Crippen LogP contribution in [0.3, 0.4) is 0 Å². The molecule has 0 aliphatic carbocycles. The molecule has 0 aliphatic heterocycles. The average Bonchev–Trinajstić information content (AvgIpc) is 3.14. The van der Waals surface area contributed by atoms with E-state index in [1.54, 1.807) is 0 Å². The lowest BCUT2D eigenvalue weighted by atomic mass is 10.0. The van der Waals surface area contributed by atoms with Gasteiger partial charge in [0.05, 0.1) is 0 Å². The summed E-state index contributed by atoms with van der Waals surface area (Å²) in [5.74, 6) is 0.720. The Morgan fingerprint density at radius 3 is 0.907 bits per heavy atom. The molecule has 0 aliphatic rings. The van der Waals surface area contributed by atoms with Crippen molar-refractivity contribution in [2.45, 2.75) is 265 Å². The normalized spacial score (nSPS) is 12.1. The van der Waals surface area contributed by atoms with Crippen molar-refractivity contribution in [3.05, 3.63) is 0 Å². The van der Waals surface area contributed by atoms with E-state index in [1.807, 2.05) is 0 Å². The quantitative estimate of drug-likeness (QED) is 0.0350. The third-order valence-corrected chi connectivity index (χ3v) is 10.7. The Labute approximate surface area is 336 Å². The Morgan fingerprint density at radius 1 is 0.352 bits per heavy atom. The summed E-state index contributed by atoms with van der Waals surface area (Å²) in [6.07, 6.45) is 39.6. The summed E-state index contributed by atoms with van der Waals surface area (Å²) in [5, 5.41) is 0. The molecule has 0 radical (unpaired) electrons. The average molecular weight is 765 g/mol. The van der Waals surface area contributed by atoms with Gasteiger partial charge in [0.1, 0.15) is 13.2 Å². The largest absolute Gasteiger partial charge is 0.462 e. The third kappa shape index (κ3) is 41.6. The van der Waals surface area contributed by atoms with E-state index in [9.17, 15) is 14.4 Å². The Kier molecular flexibility index (Phi) is 39.8. The molecular formula is C48H92O6. The van der Waals surface area contributed by atoms with Crippen LogP contribution in [0.15, 0.2) is 0 Å². The molecule has 6 heteroatoms. The van der Waals surface area contributed by atoms with Gasteiger partial charge in [0.25, 0.3) is 0 Å². The van der Waals surface area contributed by atoms with E-state index in [0.29, 0.717) is 19.3 Å². The molecule has 0 aromatic carbocycles. The summed E-state index contributed by atoms with van der Waals surface area (Å²) in [7, 11) is 0. The lowest BCUT2D eigenvalue weighted by molar-refractivity contribution is -0.167. The monoisotopic (exact) mass is 765 g/mol. The number of rotatable bonds is 42. The number of esters is 3. The molecule has 0 fully saturated rings. The number of unbranched alkanes of at least 4 members (excludes halogenated alkanes) is 27. The first-order valence-corrected chi connectivity index (χ1v) is 23.7. The van der Waals surface area contributed by atoms with Crippen molar-refractivity contribution in [1.82, 2.24) is 0 Å². The van der Waals surface area contributed by atoms with Crippen molar-refractivity contribution in [2.75, 3.05) is 13.2 Å². The van der Waals surface area contributed by atoms with Crippen LogP contribution in [-0.2, 0) is 28.6 Å². The maximum absolute atomic E-state index is 12.7. The summed E-state index contributed by atoms with van der Waals surface area (Å²) < 4.78 is 16.7. The Balaban J connectivity index is 4.31. The highest BCUT2D eigenvalue weighted by Gasteiger charge is 2.19. The van der Waals surface area contributed by atoms with Gasteiger partial charge in [-0.1, -0.05) is 221 Å². The third-order valence-electron chi connectivity index (χ3n) is 10.7. The van der Waals surface area contributed by atoms with Crippen molar-refractivity contribution < 1.29 is 28.6 Å². The van der Waals surface area contributed by atoms with Gasteiger partial charge in [0, 0.05) is 19.3 Å². The summed E-state index contributed by atoms with van der Waals surface area (Å²) in [5.41, 5.74) is 0. The van der Waals surface area contributed by atoms with Crippen LogP contribution in [0.2, 0.25) is 0 Å². The van der Waals surface area contributed by atoms with E-state index < -0.39 is 6.10 Å². The van der Waals surface area contributed by atoms with Crippen LogP contribution >= 0.6 is 0 Å². The summed E-state index contributed by atoms with van der Waals surface area (Å²) in [6.45, 7) is 11.3. The predicted octanol–water partition coefficient (Wildman–Crippen LogP) is 15.0. The molecule has 6 nitrogen and oxygen atoms in total. The fourth-order valence-corrected chi connectivity index (χ4v) is 7.11. The summed E-state index contributed by atoms with van der Waals surface area (Å²) >= 11 is 0. The molecule has 1 atom stereocenters. The van der Waals surface area contributed by atoms with Gasteiger partial charge in [-0.2, -0.15) is 0 Å². The fraction of sp³-hybridized carbons (Fsp3) is 0.938. The molecule has 0 aromatic rings. The lowest BCUT2D eigenvalue weighted by Gasteiger charge is -2.18. The Morgan fingerprint density at radius 2 is 0.611 bits per heavy atom. The predicted molar refractivity (Wildman–Crippen MR) is 229 cm³/mol. The zero-order valence-electron chi connectivity index (χ0n) is 36.8. The van der Waals surface area contributed by atoms with Crippen molar-refractivity contribution >= 4 is 17.9 Å². The van der Waals surface area contributed by atoms with Gasteiger partial charge in [0.15, 0.2) is 6.10 Å². The molecule has 54 heavy (non-hydrogen) atoms. The smallest absolute Gasteiger partial charge is 0.306 e. The van der Waals surface area contributed by atoms with Crippen LogP contribution in [0.4, 0.5) is 0 Å². The minimum absolute atomic E-state index is 0.0652. The molecule has 0 heterocycles. The first-order chi connectivity index (χ1) is 26.2. The second-order valence-corrected chi connectivity index (χ2v) is 17.3. The first kappa shape index (κ1) is 52.4. The molecule has 0 aromatic heterocycles. The lowest BCUT2D eigenvalue weighted by Crippen LogP contribution is -2.30. The molecule has 0 amide bonds. The Bertz CT molecular complexity index is 824. The van der Waals surface area contributed by atoms with Gasteiger partial charge in [-0.05, 0) is 31.1 Å². The molecule has 0 unspecified atom stereocenters. The van der Waals surface area contributed by atoms with E-state index in [1.165, 1.54) is 148 Å². The van der Waals surface area contributed by atoms with E-state index in [-0.39, 0.29) is 31.1 Å². The van der Waals surface area contributed by atoms with Gasteiger partial charge in [-0.15, -0.1) is 0 Å². The number of hydrogen-bond donors (Lipinski definition) is 0. The van der Waals surface area contributed by atoms with Crippen LogP contribution < -0.4 is 0 Å². The highest BCUT2D eigenvalue weighted by atomic mass is 16.6. The van der Waals surface area contributed by atoms with Gasteiger partial charge >= 0.3 is 17.9 Å². The van der Waals surface area contributed by atoms with Gasteiger partial charge < -0.3 is 14.2 Å². The minimum Gasteiger partial charge on any atom is -0.462 e. The highest BCUT2D eigenvalue weighted by molar-refractivity contribution is 5.71. The van der Waals surface area contributed by atoms with Crippen molar-refractivity contribution in [3.8, 4) is 0 Å². The highest BCUT2D eigenvalue weighted by Crippen LogP contribution is 2.17. The van der Waals surface area contributed by atoms with Crippen LogP contribution in [-0.4, -0.2) is 37.2 Å². The molecule has 0 rings (SSSR count). The van der Waals surface area contributed by atoms with E-state index in [4.69, 9.17) is 14.2 Å². The molecule has 0 spiro atoms. The topological polar surface area (TPSA) is 78.9 Å². The van der Waals surface area contributed by atoms with E-state index in [0.717, 1.165) is 69.6 Å². The maximum Gasteiger partial charge on any atom is 0.306 e. The SMILES string of the molecule is CCCCCCCCCCCCCCCCC(=O)OC[C@H](COC(=O)CCCCCCCCC(C)C)OC(=O)CCCCCCCCCCCCC(C)C. The summed E-state index contributed by atoms with van der Waals surface area (Å²) in [6, 6.07) is 0.